The molecule has 100 valence electrons. The molecule has 0 aliphatic carbocycles. The van der Waals surface area contributed by atoms with E-state index in [1.165, 1.54) is 11.8 Å². The zero-order chi connectivity index (χ0) is 13.5. The first-order chi connectivity index (χ1) is 8.49. The summed E-state index contributed by atoms with van der Waals surface area (Å²) in [6.45, 7) is -0.447. The Balaban J connectivity index is 2.27. The number of hydrogen-bond acceptors (Lipinski definition) is 3. The summed E-state index contributed by atoms with van der Waals surface area (Å²) in [5, 5.41) is 11.6. The maximum atomic E-state index is 11.9. The first-order valence-electron chi connectivity index (χ1n) is 5.10. The van der Waals surface area contributed by atoms with Crippen molar-refractivity contribution in [3.8, 4) is 0 Å². The Morgan fingerprint density at radius 3 is 2.56 bits per heavy atom. The zero-order valence-electron chi connectivity index (χ0n) is 9.28. The van der Waals surface area contributed by atoms with Crippen molar-refractivity contribution in [2.75, 3.05) is 12.3 Å². The van der Waals surface area contributed by atoms with E-state index in [9.17, 15) is 13.6 Å². The molecule has 0 fully saturated rings. The van der Waals surface area contributed by atoms with Crippen molar-refractivity contribution in [3.05, 3.63) is 29.3 Å². The summed E-state index contributed by atoms with van der Waals surface area (Å²) in [6, 6.07) is 6.91. The predicted octanol–water partition coefficient (Wildman–Crippen LogP) is 2.17. The zero-order valence-corrected chi connectivity index (χ0v) is 10.8. The number of halogens is 3. The van der Waals surface area contributed by atoms with Gasteiger partial charge in [-0.2, -0.15) is 0 Å². The molecule has 1 rings (SSSR count). The van der Waals surface area contributed by atoms with Crippen LogP contribution in [0.1, 0.15) is 0 Å². The van der Waals surface area contributed by atoms with Crippen LogP contribution in [-0.4, -0.2) is 35.8 Å². The average Bonchev–Trinajstić information content (AvgIpc) is 2.35. The van der Waals surface area contributed by atoms with Crippen LogP contribution in [0.3, 0.4) is 0 Å². The van der Waals surface area contributed by atoms with Gasteiger partial charge >= 0.3 is 0 Å². The minimum atomic E-state index is -2.85. The quantitative estimate of drug-likeness (QED) is 0.791. The Morgan fingerprint density at radius 1 is 1.39 bits per heavy atom. The molecule has 0 saturated carbocycles. The van der Waals surface area contributed by atoms with E-state index in [1.807, 2.05) is 0 Å². The molecular weight excluding hydrogens is 284 g/mol. The van der Waals surface area contributed by atoms with Crippen LogP contribution in [0.2, 0.25) is 5.02 Å². The predicted molar refractivity (Wildman–Crippen MR) is 67.2 cm³/mol. The lowest BCUT2D eigenvalue weighted by Crippen LogP contribution is -2.36. The molecule has 0 aliphatic rings. The third-order valence-electron chi connectivity index (χ3n) is 1.98. The lowest BCUT2D eigenvalue weighted by Gasteiger charge is -2.10. The van der Waals surface area contributed by atoms with Crippen molar-refractivity contribution in [1.82, 2.24) is 5.32 Å². The number of carbonyl (C=O) groups excluding carboxylic acids is 1. The number of nitrogens with one attached hydrogen (secondary N) is 1. The topological polar surface area (TPSA) is 49.3 Å². The van der Waals surface area contributed by atoms with Gasteiger partial charge in [-0.05, 0) is 24.3 Å². The molecule has 1 amide bonds. The number of aliphatic hydroxyl groups excluding tert-OH is 1. The normalized spacial score (nSPS) is 12.5. The number of aliphatic hydroxyl groups is 1. The highest BCUT2D eigenvalue weighted by molar-refractivity contribution is 8.00. The smallest absolute Gasteiger partial charge is 0.265 e. The van der Waals surface area contributed by atoms with Crippen LogP contribution >= 0.6 is 23.4 Å². The van der Waals surface area contributed by atoms with Gasteiger partial charge in [-0.3, -0.25) is 4.79 Å². The first-order valence-corrected chi connectivity index (χ1v) is 6.46. The van der Waals surface area contributed by atoms with Gasteiger partial charge in [0.2, 0.25) is 5.91 Å². The fourth-order valence-electron chi connectivity index (χ4n) is 1.04. The van der Waals surface area contributed by atoms with Crippen LogP contribution in [0.5, 0.6) is 0 Å². The molecule has 0 heterocycles. The van der Waals surface area contributed by atoms with E-state index in [1.54, 1.807) is 24.3 Å². The number of hydrogen-bond donors (Lipinski definition) is 2. The van der Waals surface area contributed by atoms with Crippen molar-refractivity contribution in [2.24, 2.45) is 0 Å². The molecule has 0 spiro atoms. The summed E-state index contributed by atoms with van der Waals surface area (Å²) in [5.74, 6) is -0.313. The summed E-state index contributed by atoms with van der Waals surface area (Å²) in [5.41, 5.74) is 0. The monoisotopic (exact) mass is 295 g/mol. The molecule has 1 aromatic rings. The molecule has 7 heteroatoms. The number of benzene rings is 1. The van der Waals surface area contributed by atoms with E-state index < -0.39 is 25.0 Å². The van der Waals surface area contributed by atoms with Gasteiger partial charge in [-0.25, -0.2) is 8.78 Å². The standard InChI is InChI=1S/C11H12ClF2NO2S/c12-7-1-3-8(4-2-7)18-6-10(17)15-5-9(16)11(13)14/h1-4,9,11,16H,5-6H2,(H,15,17). The second kappa shape index (κ2) is 7.56. The van der Waals surface area contributed by atoms with Crippen molar-refractivity contribution < 1.29 is 18.7 Å². The molecule has 1 aromatic carbocycles. The Hall–Kier alpha value is -0.850. The van der Waals surface area contributed by atoms with Crippen LogP contribution in [0.4, 0.5) is 8.78 Å². The Bertz CT molecular complexity index is 389. The lowest BCUT2D eigenvalue weighted by atomic mass is 10.4. The van der Waals surface area contributed by atoms with Crippen molar-refractivity contribution in [3.63, 3.8) is 0 Å². The number of amides is 1. The molecule has 2 N–H and O–H groups in total. The Labute approximate surface area is 113 Å². The maximum absolute atomic E-state index is 11.9. The van der Waals surface area contributed by atoms with Crippen molar-refractivity contribution in [2.45, 2.75) is 17.4 Å². The molecule has 18 heavy (non-hydrogen) atoms. The van der Waals surface area contributed by atoms with Crippen LogP contribution in [0, 0.1) is 0 Å². The third kappa shape index (κ3) is 5.66. The summed E-state index contributed by atoms with van der Waals surface area (Å²) in [7, 11) is 0. The minimum absolute atomic E-state index is 0.0948. The lowest BCUT2D eigenvalue weighted by molar-refractivity contribution is -0.119. The molecule has 1 atom stereocenters. The second-order valence-electron chi connectivity index (χ2n) is 3.45. The molecular formula is C11H12ClF2NO2S. The summed E-state index contributed by atoms with van der Waals surface area (Å²) >= 11 is 6.96. The largest absolute Gasteiger partial charge is 0.385 e. The second-order valence-corrected chi connectivity index (χ2v) is 4.93. The van der Waals surface area contributed by atoms with Crippen LogP contribution in [-0.2, 0) is 4.79 Å². The number of alkyl halides is 2. The van der Waals surface area contributed by atoms with Gasteiger partial charge in [0, 0.05) is 16.5 Å². The van der Waals surface area contributed by atoms with Gasteiger partial charge in [-0.1, -0.05) is 11.6 Å². The van der Waals surface area contributed by atoms with Gasteiger partial charge in [0.15, 0.2) is 0 Å². The van der Waals surface area contributed by atoms with E-state index in [-0.39, 0.29) is 5.75 Å². The average molecular weight is 296 g/mol. The summed E-state index contributed by atoms with van der Waals surface area (Å²) in [4.78, 5) is 12.1. The summed E-state index contributed by atoms with van der Waals surface area (Å²) < 4.78 is 23.9. The summed E-state index contributed by atoms with van der Waals surface area (Å²) in [6.07, 6.45) is -4.68. The number of carbonyl (C=O) groups is 1. The van der Waals surface area contributed by atoms with Crippen molar-refractivity contribution in [1.29, 1.82) is 0 Å². The molecule has 0 bridgehead atoms. The highest BCUT2D eigenvalue weighted by atomic mass is 35.5. The van der Waals surface area contributed by atoms with Crippen LogP contribution in [0.15, 0.2) is 29.2 Å². The molecule has 3 nitrogen and oxygen atoms in total. The van der Waals surface area contributed by atoms with Gasteiger partial charge in [0.1, 0.15) is 6.10 Å². The van der Waals surface area contributed by atoms with Gasteiger partial charge in [-0.15, -0.1) is 11.8 Å². The van der Waals surface area contributed by atoms with E-state index >= 15 is 0 Å². The minimum Gasteiger partial charge on any atom is -0.385 e. The Kier molecular flexibility index (Phi) is 6.38. The fraction of sp³-hybridized carbons (Fsp3) is 0.364. The Morgan fingerprint density at radius 2 is 2.00 bits per heavy atom. The first kappa shape index (κ1) is 15.2. The van der Waals surface area contributed by atoms with Crippen molar-refractivity contribution >= 4 is 29.3 Å². The molecule has 0 saturated heterocycles. The third-order valence-corrected chi connectivity index (χ3v) is 3.25. The van der Waals surface area contributed by atoms with Crippen LogP contribution < -0.4 is 5.32 Å². The fourth-order valence-corrected chi connectivity index (χ4v) is 1.89. The SMILES string of the molecule is O=C(CSc1ccc(Cl)cc1)NCC(O)C(F)F. The van der Waals surface area contributed by atoms with E-state index in [0.717, 1.165) is 4.90 Å². The van der Waals surface area contributed by atoms with E-state index in [0.29, 0.717) is 5.02 Å². The molecule has 0 radical (unpaired) electrons. The van der Waals surface area contributed by atoms with Crippen LogP contribution in [0.25, 0.3) is 0 Å². The van der Waals surface area contributed by atoms with Gasteiger partial charge in [0.05, 0.1) is 5.75 Å². The van der Waals surface area contributed by atoms with Gasteiger partial charge in [0.25, 0.3) is 6.43 Å². The number of thioether (sulfide) groups is 1. The number of rotatable bonds is 6. The molecule has 0 aromatic heterocycles. The highest BCUT2D eigenvalue weighted by Crippen LogP contribution is 2.19. The highest BCUT2D eigenvalue weighted by Gasteiger charge is 2.17. The molecule has 1 unspecified atom stereocenters. The molecule has 0 aliphatic heterocycles. The van der Waals surface area contributed by atoms with E-state index in [4.69, 9.17) is 16.7 Å². The maximum Gasteiger partial charge on any atom is 0.265 e. The van der Waals surface area contributed by atoms with E-state index in [2.05, 4.69) is 5.32 Å². The van der Waals surface area contributed by atoms with Gasteiger partial charge < -0.3 is 10.4 Å².